The van der Waals surface area contributed by atoms with Gasteiger partial charge in [0, 0.05) is 16.5 Å². The number of benzene rings is 3. The molecule has 138 valence electrons. The molecule has 3 aromatic carbocycles. The maximum absolute atomic E-state index is 12.8. The molecule has 5 heteroatoms. The minimum absolute atomic E-state index is 0.292. The first kappa shape index (κ1) is 17.5. The third-order valence-electron chi connectivity index (χ3n) is 4.49. The van der Waals surface area contributed by atoms with Gasteiger partial charge in [-0.05, 0) is 41.5 Å². The highest BCUT2D eigenvalue weighted by molar-refractivity contribution is 6.09. The largest absolute Gasteiger partial charge is 0.497 e. The van der Waals surface area contributed by atoms with Crippen molar-refractivity contribution in [2.45, 2.75) is 0 Å². The number of hydrazone groups is 1. The van der Waals surface area contributed by atoms with E-state index in [1.54, 1.807) is 13.3 Å². The predicted octanol–water partition coefficient (Wildman–Crippen LogP) is 4.61. The molecule has 0 atom stereocenters. The van der Waals surface area contributed by atoms with Crippen LogP contribution < -0.4 is 10.2 Å². The first-order chi connectivity index (χ1) is 13.8. The van der Waals surface area contributed by atoms with Crippen LogP contribution in [0.2, 0.25) is 0 Å². The third kappa shape index (κ3) is 3.50. The number of aromatic amines is 1. The van der Waals surface area contributed by atoms with Crippen LogP contribution in [0.15, 0.2) is 84.0 Å². The zero-order chi connectivity index (χ0) is 19.3. The van der Waals surface area contributed by atoms with Crippen LogP contribution in [0.5, 0.6) is 5.75 Å². The molecule has 0 bridgehead atoms. The summed E-state index contributed by atoms with van der Waals surface area (Å²) in [5, 5.41) is 5.09. The molecular weight excluding hydrogens is 350 g/mol. The molecule has 1 heterocycles. The molecule has 5 nitrogen and oxygen atoms in total. The Kier molecular flexibility index (Phi) is 4.89. The van der Waals surface area contributed by atoms with Gasteiger partial charge in [0.1, 0.15) is 11.4 Å². The Bertz CT molecular complexity index is 1130. The van der Waals surface area contributed by atoms with E-state index in [1.165, 1.54) is 0 Å². The van der Waals surface area contributed by atoms with Crippen molar-refractivity contribution in [1.29, 1.82) is 0 Å². The van der Waals surface area contributed by atoms with Gasteiger partial charge in [-0.25, -0.2) is 5.43 Å². The Morgan fingerprint density at radius 1 is 0.964 bits per heavy atom. The number of H-pyrrole nitrogens is 1. The Balaban J connectivity index is 1.63. The van der Waals surface area contributed by atoms with Crippen molar-refractivity contribution in [3.05, 3.63) is 90.1 Å². The first-order valence-corrected chi connectivity index (χ1v) is 8.90. The summed E-state index contributed by atoms with van der Waals surface area (Å²) in [4.78, 5) is 16.0. The van der Waals surface area contributed by atoms with Crippen LogP contribution in [0.4, 0.5) is 0 Å². The van der Waals surface area contributed by atoms with Crippen LogP contribution in [-0.2, 0) is 0 Å². The number of nitrogens with one attached hydrogen (secondary N) is 2. The summed E-state index contributed by atoms with van der Waals surface area (Å²) in [7, 11) is 1.62. The van der Waals surface area contributed by atoms with Gasteiger partial charge in [0.2, 0.25) is 0 Å². The topological polar surface area (TPSA) is 66.5 Å². The Hall–Kier alpha value is -3.86. The standard InChI is InChI=1S/C23H19N3O2/c1-28-18-13-11-16(12-14-18)15-24-26-23(27)22-21(17-7-3-2-4-8-17)19-9-5-6-10-20(19)25-22/h2-15,25H,1H3,(H,26,27)/b24-15+. The number of hydrogen-bond donors (Lipinski definition) is 2. The van der Waals surface area contributed by atoms with Gasteiger partial charge in [-0.1, -0.05) is 48.5 Å². The molecule has 1 aromatic heterocycles. The third-order valence-corrected chi connectivity index (χ3v) is 4.49. The van der Waals surface area contributed by atoms with Crippen LogP contribution in [-0.4, -0.2) is 24.2 Å². The van der Waals surface area contributed by atoms with Crippen molar-refractivity contribution in [3.63, 3.8) is 0 Å². The second kappa shape index (κ2) is 7.80. The normalized spacial score (nSPS) is 11.0. The van der Waals surface area contributed by atoms with Crippen molar-refractivity contribution in [2.75, 3.05) is 7.11 Å². The molecule has 0 unspecified atom stereocenters. The number of carbonyl (C=O) groups excluding carboxylic acids is 1. The molecule has 0 fully saturated rings. The van der Waals surface area contributed by atoms with Crippen molar-refractivity contribution >= 4 is 23.0 Å². The second-order valence-corrected chi connectivity index (χ2v) is 6.26. The fourth-order valence-electron chi connectivity index (χ4n) is 3.13. The summed E-state index contributed by atoms with van der Waals surface area (Å²) < 4.78 is 5.14. The van der Waals surface area contributed by atoms with Crippen LogP contribution in [0.3, 0.4) is 0 Å². The van der Waals surface area contributed by atoms with Gasteiger partial charge in [-0.15, -0.1) is 0 Å². The van der Waals surface area contributed by atoms with E-state index in [1.807, 2.05) is 78.9 Å². The highest BCUT2D eigenvalue weighted by Gasteiger charge is 2.18. The van der Waals surface area contributed by atoms with E-state index in [-0.39, 0.29) is 5.91 Å². The monoisotopic (exact) mass is 369 g/mol. The lowest BCUT2D eigenvalue weighted by Crippen LogP contribution is -2.18. The maximum atomic E-state index is 12.8. The number of para-hydroxylation sites is 1. The van der Waals surface area contributed by atoms with Gasteiger partial charge in [0.05, 0.1) is 13.3 Å². The van der Waals surface area contributed by atoms with E-state index < -0.39 is 0 Å². The van der Waals surface area contributed by atoms with E-state index in [9.17, 15) is 4.79 Å². The van der Waals surface area contributed by atoms with E-state index in [2.05, 4.69) is 15.5 Å². The number of fused-ring (bicyclic) bond motifs is 1. The van der Waals surface area contributed by atoms with Gasteiger partial charge in [-0.2, -0.15) is 5.10 Å². The minimum Gasteiger partial charge on any atom is -0.497 e. The number of rotatable bonds is 5. The molecule has 0 aliphatic carbocycles. The van der Waals surface area contributed by atoms with Crippen LogP contribution in [0.25, 0.3) is 22.0 Å². The molecule has 2 N–H and O–H groups in total. The molecule has 28 heavy (non-hydrogen) atoms. The molecule has 0 radical (unpaired) electrons. The molecule has 0 saturated heterocycles. The highest BCUT2D eigenvalue weighted by atomic mass is 16.5. The van der Waals surface area contributed by atoms with Crippen molar-refractivity contribution in [3.8, 4) is 16.9 Å². The van der Waals surface area contributed by atoms with Crippen molar-refractivity contribution in [2.24, 2.45) is 5.10 Å². The number of methoxy groups -OCH3 is 1. The number of aromatic nitrogens is 1. The Labute approximate surface area is 162 Å². The molecule has 1 amide bonds. The predicted molar refractivity (Wildman–Crippen MR) is 112 cm³/mol. The van der Waals surface area contributed by atoms with Gasteiger partial charge in [-0.3, -0.25) is 4.79 Å². The molecule has 0 aliphatic heterocycles. The Morgan fingerprint density at radius 2 is 1.68 bits per heavy atom. The van der Waals surface area contributed by atoms with Gasteiger partial charge >= 0.3 is 0 Å². The number of carbonyl (C=O) groups is 1. The summed E-state index contributed by atoms with van der Waals surface area (Å²) in [5.74, 6) is 0.478. The number of nitrogens with zero attached hydrogens (tertiary/aromatic N) is 1. The van der Waals surface area contributed by atoms with Crippen molar-refractivity contribution < 1.29 is 9.53 Å². The lowest BCUT2D eigenvalue weighted by Gasteiger charge is -2.04. The zero-order valence-electron chi connectivity index (χ0n) is 15.3. The van der Waals surface area contributed by atoms with E-state index >= 15 is 0 Å². The summed E-state index contributed by atoms with van der Waals surface area (Å²) in [5.41, 5.74) is 6.72. The van der Waals surface area contributed by atoms with Gasteiger partial charge in [0.25, 0.3) is 5.91 Å². The average Bonchev–Trinajstić information content (AvgIpc) is 3.14. The second-order valence-electron chi connectivity index (χ2n) is 6.26. The van der Waals surface area contributed by atoms with E-state index in [4.69, 9.17) is 4.74 Å². The van der Waals surface area contributed by atoms with Crippen molar-refractivity contribution in [1.82, 2.24) is 10.4 Å². The fourth-order valence-corrected chi connectivity index (χ4v) is 3.13. The smallest absolute Gasteiger partial charge is 0.288 e. The molecule has 0 spiro atoms. The lowest BCUT2D eigenvalue weighted by molar-refractivity contribution is 0.0951. The summed E-state index contributed by atoms with van der Waals surface area (Å²) in [6.07, 6.45) is 1.60. The van der Waals surface area contributed by atoms with Crippen LogP contribution in [0, 0.1) is 0 Å². The van der Waals surface area contributed by atoms with E-state index in [0.717, 1.165) is 33.3 Å². The molecule has 0 saturated carbocycles. The molecular formula is C23H19N3O2. The fraction of sp³-hybridized carbons (Fsp3) is 0.0435. The zero-order valence-corrected chi connectivity index (χ0v) is 15.3. The minimum atomic E-state index is -0.292. The number of amides is 1. The first-order valence-electron chi connectivity index (χ1n) is 8.90. The van der Waals surface area contributed by atoms with E-state index in [0.29, 0.717) is 5.69 Å². The molecule has 0 aliphatic rings. The van der Waals surface area contributed by atoms with Crippen LogP contribution >= 0.6 is 0 Å². The SMILES string of the molecule is COc1ccc(/C=N/NC(=O)c2[nH]c3ccccc3c2-c2ccccc2)cc1. The summed E-state index contributed by atoms with van der Waals surface area (Å²) >= 11 is 0. The Morgan fingerprint density at radius 3 is 2.43 bits per heavy atom. The number of hydrogen-bond acceptors (Lipinski definition) is 3. The summed E-state index contributed by atoms with van der Waals surface area (Å²) in [6.45, 7) is 0. The van der Waals surface area contributed by atoms with Crippen LogP contribution in [0.1, 0.15) is 16.1 Å². The summed E-state index contributed by atoms with van der Waals surface area (Å²) in [6, 6.07) is 25.1. The molecule has 4 aromatic rings. The highest BCUT2D eigenvalue weighted by Crippen LogP contribution is 2.32. The molecule has 4 rings (SSSR count). The van der Waals surface area contributed by atoms with Gasteiger partial charge < -0.3 is 9.72 Å². The van der Waals surface area contributed by atoms with Gasteiger partial charge in [0.15, 0.2) is 0 Å². The average molecular weight is 369 g/mol. The maximum Gasteiger partial charge on any atom is 0.288 e. The number of ether oxygens (including phenoxy) is 1. The quantitative estimate of drug-likeness (QED) is 0.399. The lowest BCUT2D eigenvalue weighted by atomic mass is 10.0.